The van der Waals surface area contributed by atoms with Crippen molar-refractivity contribution >= 4 is 17.7 Å². The maximum atomic E-state index is 11.8. The number of nitrogens with one attached hydrogen (secondary N) is 2. The highest BCUT2D eigenvalue weighted by Gasteiger charge is 2.13. The number of hydrogen-bond acceptors (Lipinski definition) is 3. The first-order valence-corrected chi connectivity index (χ1v) is 7.12. The quantitative estimate of drug-likeness (QED) is 0.835. The fourth-order valence-electron chi connectivity index (χ4n) is 2.45. The Morgan fingerprint density at radius 1 is 1.24 bits per heavy atom. The number of methoxy groups -OCH3 is 1. The minimum absolute atomic E-state index is 0.329. The fraction of sp³-hybridized carbons (Fsp3) is 0.375. The number of allylic oxidation sites excluding steroid dienone is 1. The standard InChI is InChI=1S/C16H20N2O3/c1-21-15(19)13-8-4-5-9-14(13)18-16(20)17-11-10-12-6-2-3-7-12/h4-5,8-12H,2-3,6-7H2,1H3,(H2,17,18,20)/b11-10+. The van der Waals surface area contributed by atoms with Crippen LogP contribution in [0, 0.1) is 5.92 Å². The monoisotopic (exact) mass is 288 g/mol. The topological polar surface area (TPSA) is 67.4 Å². The summed E-state index contributed by atoms with van der Waals surface area (Å²) in [5.41, 5.74) is 0.756. The van der Waals surface area contributed by atoms with E-state index in [2.05, 4.69) is 15.4 Å². The van der Waals surface area contributed by atoms with Crippen molar-refractivity contribution in [1.82, 2.24) is 5.32 Å². The summed E-state index contributed by atoms with van der Waals surface area (Å²) in [4.78, 5) is 23.4. The molecule has 5 nitrogen and oxygen atoms in total. The summed E-state index contributed by atoms with van der Waals surface area (Å²) in [5, 5.41) is 5.31. The highest BCUT2D eigenvalue weighted by molar-refractivity contribution is 6.00. The molecule has 112 valence electrons. The molecule has 0 aliphatic heterocycles. The number of ether oxygens (including phenoxy) is 1. The summed E-state index contributed by atoms with van der Waals surface area (Å²) in [6.45, 7) is 0. The molecule has 2 rings (SSSR count). The molecule has 0 aromatic heterocycles. The van der Waals surface area contributed by atoms with Gasteiger partial charge in [-0.15, -0.1) is 0 Å². The summed E-state index contributed by atoms with van der Waals surface area (Å²) < 4.78 is 4.68. The van der Waals surface area contributed by atoms with Gasteiger partial charge in [-0.2, -0.15) is 0 Å². The van der Waals surface area contributed by atoms with Crippen molar-refractivity contribution in [2.24, 2.45) is 5.92 Å². The lowest BCUT2D eigenvalue weighted by Gasteiger charge is -2.09. The lowest BCUT2D eigenvalue weighted by atomic mass is 10.1. The second-order valence-electron chi connectivity index (χ2n) is 5.04. The van der Waals surface area contributed by atoms with Crippen LogP contribution >= 0.6 is 0 Å². The average molecular weight is 288 g/mol. The van der Waals surface area contributed by atoms with Crippen LogP contribution in [0.3, 0.4) is 0 Å². The summed E-state index contributed by atoms with van der Waals surface area (Å²) in [7, 11) is 1.31. The lowest BCUT2D eigenvalue weighted by Crippen LogP contribution is -2.25. The Morgan fingerprint density at radius 3 is 2.67 bits per heavy atom. The van der Waals surface area contributed by atoms with Crippen LogP contribution < -0.4 is 10.6 Å². The van der Waals surface area contributed by atoms with Crippen molar-refractivity contribution in [3.63, 3.8) is 0 Å². The van der Waals surface area contributed by atoms with E-state index in [1.54, 1.807) is 30.5 Å². The molecule has 0 radical (unpaired) electrons. The molecule has 1 aliphatic carbocycles. The minimum Gasteiger partial charge on any atom is -0.465 e. The van der Waals surface area contributed by atoms with Gasteiger partial charge in [0.25, 0.3) is 0 Å². The number of esters is 1. The normalized spacial score (nSPS) is 15.1. The Kier molecular flexibility index (Phi) is 5.37. The maximum absolute atomic E-state index is 11.8. The van der Waals surface area contributed by atoms with Gasteiger partial charge in [0.05, 0.1) is 18.4 Å². The minimum atomic E-state index is -0.479. The Bertz CT molecular complexity index is 534. The summed E-state index contributed by atoms with van der Waals surface area (Å²) in [6.07, 6.45) is 8.59. The van der Waals surface area contributed by atoms with Crippen LogP contribution in [0.15, 0.2) is 36.5 Å². The molecule has 1 fully saturated rings. The summed E-state index contributed by atoms with van der Waals surface area (Å²) in [5.74, 6) is 0.0834. The van der Waals surface area contributed by atoms with E-state index in [9.17, 15) is 9.59 Å². The van der Waals surface area contributed by atoms with Crippen molar-refractivity contribution in [1.29, 1.82) is 0 Å². The SMILES string of the molecule is COC(=O)c1ccccc1NC(=O)N/C=C/C1CCCC1. The van der Waals surface area contributed by atoms with E-state index in [0.717, 1.165) is 0 Å². The van der Waals surface area contributed by atoms with Crippen molar-refractivity contribution in [3.8, 4) is 0 Å². The first kappa shape index (κ1) is 15.1. The van der Waals surface area contributed by atoms with Crippen LogP contribution in [0.2, 0.25) is 0 Å². The molecule has 0 unspecified atom stereocenters. The molecular formula is C16H20N2O3. The van der Waals surface area contributed by atoms with Gasteiger partial charge in [-0.25, -0.2) is 9.59 Å². The highest BCUT2D eigenvalue weighted by Crippen LogP contribution is 2.25. The number of hydrogen-bond donors (Lipinski definition) is 2. The van der Waals surface area contributed by atoms with E-state index >= 15 is 0 Å². The van der Waals surface area contributed by atoms with E-state index < -0.39 is 5.97 Å². The molecule has 2 N–H and O–H groups in total. The van der Waals surface area contributed by atoms with Crippen molar-refractivity contribution in [3.05, 3.63) is 42.1 Å². The number of amides is 2. The van der Waals surface area contributed by atoms with Crippen LogP contribution in [0.4, 0.5) is 10.5 Å². The summed E-state index contributed by atoms with van der Waals surface area (Å²) >= 11 is 0. The second kappa shape index (κ2) is 7.47. The number of carbonyl (C=O) groups is 2. The lowest BCUT2D eigenvalue weighted by molar-refractivity contribution is 0.0602. The zero-order chi connectivity index (χ0) is 15.1. The van der Waals surface area contributed by atoms with Gasteiger partial charge in [0, 0.05) is 6.20 Å². The molecule has 2 amide bonds. The van der Waals surface area contributed by atoms with E-state index in [1.165, 1.54) is 32.8 Å². The molecule has 1 aromatic carbocycles. The largest absolute Gasteiger partial charge is 0.465 e. The Labute approximate surface area is 124 Å². The third-order valence-corrected chi connectivity index (χ3v) is 3.56. The smallest absolute Gasteiger partial charge is 0.339 e. The van der Waals surface area contributed by atoms with Gasteiger partial charge in [-0.05, 0) is 30.9 Å². The molecule has 0 bridgehead atoms. The van der Waals surface area contributed by atoms with Gasteiger partial charge in [0.1, 0.15) is 0 Å². The van der Waals surface area contributed by atoms with Crippen LogP contribution in [0.5, 0.6) is 0 Å². The molecule has 5 heteroatoms. The van der Waals surface area contributed by atoms with Gasteiger partial charge in [-0.3, -0.25) is 0 Å². The average Bonchev–Trinajstić information content (AvgIpc) is 3.00. The van der Waals surface area contributed by atoms with E-state index in [-0.39, 0.29) is 6.03 Å². The van der Waals surface area contributed by atoms with Crippen LogP contribution in [0.25, 0.3) is 0 Å². The number of rotatable bonds is 4. The predicted octanol–water partition coefficient (Wildman–Crippen LogP) is 3.30. The number of urea groups is 1. The zero-order valence-electron chi connectivity index (χ0n) is 12.1. The van der Waals surface area contributed by atoms with Crippen LogP contribution in [-0.2, 0) is 4.74 Å². The van der Waals surface area contributed by atoms with Crippen molar-refractivity contribution in [2.45, 2.75) is 25.7 Å². The first-order valence-electron chi connectivity index (χ1n) is 7.12. The third kappa shape index (κ3) is 4.34. The number of benzene rings is 1. The van der Waals surface area contributed by atoms with Gasteiger partial charge in [0.2, 0.25) is 0 Å². The molecule has 1 aromatic rings. The van der Waals surface area contributed by atoms with Gasteiger partial charge >= 0.3 is 12.0 Å². The Balaban J connectivity index is 1.91. The molecule has 1 saturated carbocycles. The third-order valence-electron chi connectivity index (χ3n) is 3.56. The fourth-order valence-corrected chi connectivity index (χ4v) is 2.45. The van der Waals surface area contributed by atoms with Crippen molar-refractivity contribution in [2.75, 3.05) is 12.4 Å². The van der Waals surface area contributed by atoms with Gasteiger partial charge in [0.15, 0.2) is 0 Å². The molecule has 0 atom stereocenters. The van der Waals surface area contributed by atoms with E-state index in [1.807, 2.05) is 6.08 Å². The first-order chi connectivity index (χ1) is 10.2. The maximum Gasteiger partial charge on any atom is 0.339 e. The molecule has 0 spiro atoms. The van der Waals surface area contributed by atoms with Crippen molar-refractivity contribution < 1.29 is 14.3 Å². The number of carbonyl (C=O) groups excluding carboxylic acids is 2. The van der Waals surface area contributed by atoms with Crippen LogP contribution in [0.1, 0.15) is 36.0 Å². The van der Waals surface area contributed by atoms with Crippen LogP contribution in [-0.4, -0.2) is 19.1 Å². The molecule has 0 saturated heterocycles. The molecule has 0 heterocycles. The molecular weight excluding hydrogens is 268 g/mol. The Hall–Kier alpha value is -2.30. The predicted molar refractivity (Wildman–Crippen MR) is 81.0 cm³/mol. The highest BCUT2D eigenvalue weighted by atomic mass is 16.5. The number of para-hydroxylation sites is 1. The summed E-state index contributed by atoms with van der Waals surface area (Å²) in [6, 6.07) is 6.36. The Morgan fingerprint density at radius 2 is 1.95 bits per heavy atom. The van der Waals surface area contributed by atoms with Gasteiger partial charge in [-0.1, -0.05) is 31.1 Å². The molecule has 1 aliphatic rings. The number of anilines is 1. The van der Waals surface area contributed by atoms with Gasteiger partial charge < -0.3 is 15.4 Å². The van der Waals surface area contributed by atoms with E-state index in [0.29, 0.717) is 17.2 Å². The molecule has 21 heavy (non-hydrogen) atoms. The second-order valence-corrected chi connectivity index (χ2v) is 5.04. The zero-order valence-corrected chi connectivity index (χ0v) is 12.1. The van der Waals surface area contributed by atoms with E-state index in [4.69, 9.17) is 0 Å².